The summed E-state index contributed by atoms with van der Waals surface area (Å²) in [7, 11) is -3.73. The first-order valence-corrected chi connectivity index (χ1v) is 8.35. The number of nitrogens with one attached hydrogen (secondary N) is 1. The van der Waals surface area contributed by atoms with E-state index in [2.05, 4.69) is 4.72 Å². The van der Waals surface area contributed by atoms with Crippen LogP contribution in [0.3, 0.4) is 0 Å². The van der Waals surface area contributed by atoms with Crippen molar-refractivity contribution in [3.05, 3.63) is 28.3 Å². The van der Waals surface area contributed by atoms with Crippen molar-refractivity contribution in [2.24, 2.45) is 0 Å². The lowest BCUT2D eigenvalue weighted by Crippen LogP contribution is -2.30. The van der Waals surface area contributed by atoms with Gasteiger partial charge < -0.3 is 4.90 Å². The number of benzene rings is 1. The van der Waals surface area contributed by atoms with Crippen LogP contribution < -0.4 is 9.62 Å². The summed E-state index contributed by atoms with van der Waals surface area (Å²) in [5, 5.41) is 11.2. The summed E-state index contributed by atoms with van der Waals surface area (Å²) in [6.45, 7) is 4.92. The minimum Gasteiger partial charge on any atom is -0.366 e. The second kappa shape index (κ2) is 5.98. The van der Waals surface area contributed by atoms with Gasteiger partial charge in [-0.05, 0) is 38.8 Å². The molecule has 1 N–H and O–H groups in total. The van der Waals surface area contributed by atoms with Gasteiger partial charge >= 0.3 is 0 Å². The third-order valence-electron chi connectivity index (χ3n) is 3.29. The molecule has 1 aliphatic heterocycles. The summed E-state index contributed by atoms with van der Waals surface area (Å²) in [5.41, 5.74) is 0.324. The molecule has 1 aliphatic rings. The van der Waals surface area contributed by atoms with Crippen LogP contribution in [0.4, 0.5) is 11.4 Å². The molecule has 0 unspecified atom stereocenters. The molecule has 1 aromatic rings. The summed E-state index contributed by atoms with van der Waals surface area (Å²) in [6, 6.07) is 3.81. The van der Waals surface area contributed by atoms with Crippen LogP contribution in [0.2, 0.25) is 0 Å². The predicted octanol–water partition coefficient (Wildman–Crippen LogP) is 1.88. The van der Waals surface area contributed by atoms with E-state index in [9.17, 15) is 18.5 Å². The van der Waals surface area contributed by atoms with E-state index in [0.717, 1.165) is 32.0 Å². The molecule has 116 valence electrons. The first kappa shape index (κ1) is 15.7. The molecule has 1 heterocycles. The minimum absolute atomic E-state index is 0.0779. The van der Waals surface area contributed by atoms with Crippen LogP contribution in [0.5, 0.6) is 0 Å². The van der Waals surface area contributed by atoms with E-state index in [1.54, 1.807) is 13.8 Å². The molecule has 1 fully saturated rings. The van der Waals surface area contributed by atoms with Gasteiger partial charge in [0.1, 0.15) is 5.69 Å². The van der Waals surface area contributed by atoms with Crippen LogP contribution in [0.15, 0.2) is 23.1 Å². The highest BCUT2D eigenvalue weighted by atomic mass is 32.2. The van der Waals surface area contributed by atoms with Crippen LogP contribution in [0.25, 0.3) is 0 Å². The van der Waals surface area contributed by atoms with Crippen LogP contribution >= 0.6 is 0 Å². The molecule has 1 saturated heterocycles. The van der Waals surface area contributed by atoms with Gasteiger partial charge in [0, 0.05) is 25.2 Å². The van der Waals surface area contributed by atoms with Crippen LogP contribution in [0, 0.1) is 10.1 Å². The summed E-state index contributed by atoms with van der Waals surface area (Å²) in [5.74, 6) is 0. The van der Waals surface area contributed by atoms with Crippen molar-refractivity contribution in [3.63, 3.8) is 0 Å². The number of nitro groups is 1. The third kappa shape index (κ3) is 3.51. The Bertz CT molecular complexity index is 637. The standard InChI is InChI=1S/C13H19N3O4S/c1-10(2)14-21(19,20)11-5-6-12(13(9-11)16(17)18)15-7-3-4-8-15/h5-6,9-10,14H,3-4,7-8H2,1-2H3. The van der Waals surface area contributed by atoms with E-state index < -0.39 is 14.9 Å². The Balaban J connectivity index is 2.43. The molecule has 0 radical (unpaired) electrons. The summed E-state index contributed by atoms with van der Waals surface area (Å²) >= 11 is 0. The Hall–Kier alpha value is -1.67. The maximum Gasteiger partial charge on any atom is 0.293 e. The van der Waals surface area contributed by atoms with Gasteiger partial charge in [-0.2, -0.15) is 0 Å². The Kier molecular flexibility index (Phi) is 4.48. The maximum absolute atomic E-state index is 12.1. The van der Waals surface area contributed by atoms with Crippen molar-refractivity contribution >= 4 is 21.4 Å². The van der Waals surface area contributed by atoms with Gasteiger partial charge in [0.05, 0.1) is 9.82 Å². The normalized spacial score (nSPS) is 15.7. The lowest BCUT2D eigenvalue weighted by Gasteiger charge is -2.18. The average molecular weight is 313 g/mol. The van der Waals surface area contributed by atoms with Crippen LogP contribution in [0.1, 0.15) is 26.7 Å². The van der Waals surface area contributed by atoms with Gasteiger partial charge in [0.25, 0.3) is 5.69 Å². The molecule has 1 aromatic carbocycles. The zero-order chi connectivity index (χ0) is 15.6. The number of anilines is 1. The molecule has 0 amide bonds. The highest BCUT2D eigenvalue weighted by molar-refractivity contribution is 7.89. The van der Waals surface area contributed by atoms with E-state index >= 15 is 0 Å². The Labute approximate surface area is 124 Å². The van der Waals surface area contributed by atoms with E-state index in [4.69, 9.17) is 0 Å². The van der Waals surface area contributed by atoms with Crippen molar-refractivity contribution in [2.75, 3.05) is 18.0 Å². The number of hydrogen-bond acceptors (Lipinski definition) is 5. The molecule has 0 bridgehead atoms. The van der Waals surface area contributed by atoms with E-state index in [0.29, 0.717) is 5.69 Å². The molecule has 21 heavy (non-hydrogen) atoms. The number of rotatable bonds is 5. The molecule has 0 aliphatic carbocycles. The lowest BCUT2D eigenvalue weighted by molar-refractivity contribution is -0.384. The number of nitro benzene ring substituents is 1. The van der Waals surface area contributed by atoms with Gasteiger partial charge in [-0.1, -0.05) is 0 Å². The van der Waals surface area contributed by atoms with Gasteiger partial charge in [-0.15, -0.1) is 0 Å². The zero-order valence-electron chi connectivity index (χ0n) is 12.1. The van der Waals surface area contributed by atoms with Crippen LogP contribution in [-0.2, 0) is 10.0 Å². The summed E-state index contributed by atoms with van der Waals surface area (Å²) in [6.07, 6.45) is 1.98. The topological polar surface area (TPSA) is 92.6 Å². The van der Waals surface area contributed by atoms with Crippen molar-refractivity contribution in [1.82, 2.24) is 4.72 Å². The van der Waals surface area contributed by atoms with Crippen molar-refractivity contribution in [1.29, 1.82) is 0 Å². The van der Waals surface area contributed by atoms with Gasteiger partial charge in [-0.3, -0.25) is 10.1 Å². The van der Waals surface area contributed by atoms with Crippen LogP contribution in [-0.4, -0.2) is 32.5 Å². The molecular weight excluding hydrogens is 294 g/mol. The summed E-state index contributed by atoms with van der Waals surface area (Å²) < 4.78 is 26.6. The second-order valence-electron chi connectivity index (χ2n) is 5.38. The molecule has 7 nitrogen and oxygen atoms in total. The fraction of sp³-hybridized carbons (Fsp3) is 0.538. The Morgan fingerprint density at radius 3 is 2.43 bits per heavy atom. The number of hydrogen-bond donors (Lipinski definition) is 1. The molecule has 2 rings (SSSR count). The van der Waals surface area contributed by atoms with E-state index in [1.807, 2.05) is 4.90 Å². The number of sulfonamides is 1. The van der Waals surface area contributed by atoms with Gasteiger partial charge in [-0.25, -0.2) is 13.1 Å². The van der Waals surface area contributed by atoms with E-state index in [-0.39, 0.29) is 16.6 Å². The van der Waals surface area contributed by atoms with Crippen molar-refractivity contribution in [2.45, 2.75) is 37.6 Å². The lowest BCUT2D eigenvalue weighted by atomic mass is 10.2. The highest BCUT2D eigenvalue weighted by Gasteiger charge is 2.25. The average Bonchev–Trinajstić information content (AvgIpc) is 2.90. The molecule has 0 saturated carbocycles. The Morgan fingerprint density at radius 1 is 1.29 bits per heavy atom. The first-order valence-electron chi connectivity index (χ1n) is 6.87. The Morgan fingerprint density at radius 2 is 1.90 bits per heavy atom. The molecular formula is C13H19N3O4S. The second-order valence-corrected chi connectivity index (χ2v) is 7.09. The fourth-order valence-electron chi connectivity index (χ4n) is 2.42. The molecule has 8 heteroatoms. The maximum atomic E-state index is 12.1. The predicted molar refractivity (Wildman–Crippen MR) is 80.0 cm³/mol. The van der Waals surface area contributed by atoms with Crippen molar-refractivity contribution in [3.8, 4) is 0 Å². The third-order valence-corrected chi connectivity index (χ3v) is 4.95. The molecule has 0 atom stereocenters. The summed E-state index contributed by atoms with van der Waals surface area (Å²) in [4.78, 5) is 12.6. The largest absolute Gasteiger partial charge is 0.366 e. The fourth-order valence-corrected chi connectivity index (χ4v) is 3.69. The monoisotopic (exact) mass is 313 g/mol. The van der Waals surface area contributed by atoms with E-state index in [1.165, 1.54) is 12.1 Å². The first-order chi connectivity index (χ1) is 9.81. The van der Waals surface area contributed by atoms with Gasteiger partial charge in [0.2, 0.25) is 10.0 Å². The molecule has 0 aromatic heterocycles. The van der Waals surface area contributed by atoms with Gasteiger partial charge in [0.15, 0.2) is 0 Å². The van der Waals surface area contributed by atoms with Crippen molar-refractivity contribution < 1.29 is 13.3 Å². The molecule has 0 spiro atoms. The zero-order valence-corrected chi connectivity index (χ0v) is 12.9. The quantitative estimate of drug-likeness (QED) is 0.662. The minimum atomic E-state index is -3.73. The SMILES string of the molecule is CC(C)NS(=O)(=O)c1ccc(N2CCCC2)c([N+](=O)[O-])c1. The highest BCUT2D eigenvalue weighted by Crippen LogP contribution is 2.32. The number of nitrogens with zero attached hydrogens (tertiary/aromatic N) is 2. The smallest absolute Gasteiger partial charge is 0.293 e.